The lowest BCUT2D eigenvalue weighted by atomic mass is 9.92. The first kappa shape index (κ1) is 14.2. The summed E-state index contributed by atoms with van der Waals surface area (Å²) in [6.45, 7) is 11.0. The van der Waals surface area contributed by atoms with Crippen LogP contribution in [-0.4, -0.2) is 17.7 Å². The van der Waals surface area contributed by atoms with Gasteiger partial charge in [-0.2, -0.15) is 0 Å². The summed E-state index contributed by atoms with van der Waals surface area (Å²) < 4.78 is 2.33. The summed E-state index contributed by atoms with van der Waals surface area (Å²) >= 11 is 0. The van der Waals surface area contributed by atoms with Gasteiger partial charge in [0.15, 0.2) is 0 Å². The molecule has 1 N–H and O–H groups in total. The minimum absolute atomic E-state index is 0.670. The molecule has 1 aliphatic rings. The Morgan fingerprint density at radius 1 is 1.29 bits per heavy atom. The Labute approximate surface area is 127 Å². The lowest BCUT2D eigenvalue weighted by Gasteiger charge is -2.12. The number of rotatable bonds is 4. The number of allylic oxidation sites excluding steroid dienone is 2. The van der Waals surface area contributed by atoms with E-state index in [2.05, 4.69) is 53.5 Å². The van der Waals surface area contributed by atoms with Crippen molar-refractivity contribution in [2.24, 2.45) is 0 Å². The van der Waals surface area contributed by atoms with Crippen LogP contribution in [0.4, 0.5) is 0 Å². The van der Waals surface area contributed by atoms with Crippen LogP contribution in [0, 0.1) is 0 Å². The average molecular weight is 280 g/mol. The van der Waals surface area contributed by atoms with Gasteiger partial charge in [0, 0.05) is 23.6 Å². The fourth-order valence-electron chi connectivity index (χ4n) is 3.34. The second kappa shape index (κ2) is 6.31. The predicted molar refractivity (Wildman–Crippen MR) is 90.7 cm³/mol. The Balaban J connectivity index is 2.01. The third-order valence-corrected chi connectivity index (χ3v) is 4.50. The van der Waals surface area contributed by atoms with Gasteiger partial charge in [-0.25, -0.2) is 0 Å². The number of hydrogen-bond donors (Lipinski definition) is 1. The molecule has 0 saturated carbocycles. The van der Waals surface area contributed by atoms with Gasteiger partial charge in [0.2, 0.25) is 0 Å². The Morgan fingerprint density at radius 3 is 3.00 bits per heavy atom. The van der Waals surface area contributed by atoms with Crippen molar-refractivity contribution < 1.29 is 0 Å². The van der Waals surface area contributed by atoms with Crippen molar-refractivity contribution in [3.8, 4) is 0 Å². The van der Waals surface area contributed by atoms with E-state index in [9.17, 15) is 0 Å². The third kappa shape index (κ3) is 2.96. The van der Waals surface area contributed by atoms with Crippen LogP contribution in [0.5, 0.6) is 0 Å². The molecule has 2 heterocycles. The summed E-state index contributed by atoms with van der Waals surface area (Å²) in [4.78, 5) is 0. The first-order valence-electron chi connectivity index (χ1n) is 7.88. The number of fused-ring (bicyclic) bond motifs is 1. The van der Waals surface area contributed by atoms with Crippen molar-refractivity contribution in [3.05, 3.63) is 60.8 Å². The normalized spacial score (nSPS) is 19.3. The number of nitrogens with zero attached hydrogens (tertiary/aromatic N) is 1. The number of benzene rings is 1. The van der Waals surface area contributed by atoms with E-state index >= 15 is 0 Å². The molecule has 0 radical (unpaired) electrons. The maximum Gasteiger partial charge on any atom is 0.0486 e. The average Bonchev–Trinajstić information content (AvgIpc) is 2.70. The first-order valence-corrected chi connectivity index (χ1v) is 7.88. The molecule has 0 amide bonds. The molecule has 1 aromatic carbocycles. The zero-order valence-electron chi connectivity index (χ0n) is 12.6. The monoisotopic (exact) mass is 280 g/mol. The lowest BCUT2D eigenvalue weighted by Crippen LogP contribution is -2.13. The molecular formula is C19H24N2. The molecule has 3 rings (SSSR count). The van der Waals surface area contributed by atoms with E-state index in [1.165, 1.54) is 35.7 Å². The van der Waals surface area contributed by atoms with Gasteiger partial charge in [0.1, 0.15) is 0 Å². The molecular weight excluding hydrogens is 256 g/mol. The molecule has 110 valence electrons. The second-order valence-corrected chi connectivity index (χ2v) is 5.97. The van der Waals surface area contributed by atoms with Gasteiger partial charge >= 0.3 is 0 Å². The highest BCUT2D eigenvalue weighted by molar-refractivity contribution is 5.84. The van der Waals surface area contributed by atoms with Gasteiger partial charge in [0.25, 0.3) is 0 Å². The molecule has 0 spiro atoms. The quantitative estimate of drug-likeness (QED) is 0.829. The second-order valence-electron chi connectivity index (χ2n) is 5.97. The predicted octanol–water partition coefficient (Wildman–Crippen LogP) is 4.24. The first-order chi connectivity index (χ1) is 10.3. The Kier molecular flexibility index (Phi) is 4.26. The van der Waals surface area contributed by atoms with Crippen molar-refractivity contribution in [2.75, 3.05) is 13.1 Å². The highest BCUT2D eigenvalue weighted by Crippen LogP contribution is 2.33. The number of aromatic nitrogens is 1. The SMILES string of the molecule is C=CC(=C)Cn1cc(C2CCCNCC2)c2ccccc21. The molecule has 1 atom stereocenters. The highest BCUT2D eigenvalue weighted by atomic mass is 15.0. The Morgan fingerprint density at radius 2 is 2.14 bits per heavy atom. The van der Waals surface area contributed by atoms with E-state index < -0.39 is 0 Å². The largest absolute Gasteiger partial charge is 0.343 e. The molecule has 2 nitrogen and oxygen atoms in total. The standard InChI is InChI=1S/C19H24N2/c1-3-15(2)13-21-14-18(16-7-6-11-20-12-10-16)17-8-4-5-9-19(17)21/h3-5,8-9,14,16,20H,1-2,6-7,10-13H2. The molecule has 21 heavy (non-hydrogen) atoms. The summed E-state index contributed by atoms with van der Waals surface area (Å²) in [5.41, 5.74) is 3.88. The van der Waals surface area contributed by atoms with Crippen LogP contribution in [0.25, 0.3) is 10.9 Å². The molecule has 1 fully saturated rings. The summed E-state index contributed by atoms with van der Waals surface area (Å²) in [6.07, 6.45) is 7.97. The van der Waals surface area contributed by atoms with Crippen molar-refractivity contribution in [3.63, 3.8) is 0 Å². The van der Waals surface area contributed by atoms with Crippen LogP contribution in [0.15, 0.2) is 55.3 Å². The highest BCUT2D eigenvalue weighted by Gasteiger charge is 2.19. The Bertz CT molecular complexity index is 643. The van der Waals surface area contributed by atoms with Crippen LogP contribution in [-0.2, 0) is 6.54 Å². The van der Waals surface area contributed by atoms with Gasteiger partial charge < -0.3 is 9.88 Å². The van der Waals surface area contributed by atoms with Gasteiger partial charge in [0.05, 0.1) is 0 Å². The van der Waals surface area contributed by atoms with Crippen LogP contribution >= 0.6 is 0 Å². The van der Waals surface area contributed by atoms with E-state index in [1.54, 1.807) is 0 Å². The van der Waals surface area contributed by atoms with Crippen molar-refractivity contribution in [1.82, 2.24) is 9.88 Å². The minimum Gasteiger partial charge on any atom is -0.343 e. The van der Waals surface area contributed by atoms with E-state index in [0.717, 1.165) is 25.2 Å². The van der Waals surface area contributed by atoms with Gasteiger partial charge in [-0.15, -0.1) is 0 Å². The smallest absolute Gasteiger partial charge is 0.0486 e. The minimum atomic E-state index is 0.670. The summed E-state index contributed by atoms with van der Waals surface area (Å²) in [6, 6.07) is 8.74. The summed E-state index contributed by atoms with van der Waals surface area (Å²) in [5, 5.41) is 4.91. The molecule has 1 aromatic heterocycles. The van der Waals surface area contributed by atoms with E-state index in [0.29, 0.717) is 5.92 Å². The summed E-state index contributed by atoms with van der Waals surface area (Å²) in [7, 11) is 0. The molecule has 2 heteroatoms. The zero-order chi connectivity index (χ0) is 14.7. The molecule has 1 saturated heterocycles. The van der Waals surface area contributed by atoms with E-state index in [-0.39, 0.29) is 0 Å². The third-order valence-electron chi connectivity index (χ3n) is 4.50. The number of nitrogens with one attached hydrogen (secondary N) is 1. The topological polar surface area (TPSA) is 17.0 Å². The lowest BCUT2D eigenvalue weighted by molar-refractivity contribution is 0.610. The van der Waals surface area contributed by atoms with Gasteiger partial charge in [-0.3, -0.25) is 0 Å². The molecule has 0 bridgehead atoms. The van der Waals surface area contributed by atoms with Gasteiger partial charge in [-0.1, -0.05) is 37.4 Å². The van der Waals surface area contributed by atoms with Crippen LogP contribution < -0.4 is 5.32 Å². The van der Waals surface area contributed by atoms with Crippen LogP contribution in [0.1, 0.15) is 30.7 Å². The number of hydrogen-bond acceptors (Lipinski definition) is 1. The number of para-hydroxylation sites is 1. The van der Waals surface area contributed by atoms with E-state index in [4.69, 9.17) is 0 Å². The van der Waals surface area contributed by atoms with Crippen LogP contribution in [0.2, 0.25) is 0 Å². The summed E-state index contributed by atoms with van der Waals surface area (Å²) in [5.74, 6) is 0.670. The van der Waals surface area contributed by atoms with Gasteiger partial charge in [-0.05, 0) is 55.5 Å². The van der Waals surface area contributed by atoms with Crippen molar-refractivity contribution >= 4 is 10.9 Å². The van der Waals surface area contributed by atoms with Crippen LogP contribution in [0.3, 0.4) is 0 Å². The maximum absolute atomic E-state index is 4.06. The molecule has 1 unspecified atom stereocenters. The van der Waals surface area contributed by atoms with Crippen molar-refractivity contribution in [1.29, 1.82) is 0 Å². The van der Waals surface area contributed by atoms with E-state index in [1.807, 2.05) is 6.08 Å². The fraction of sp³-hybridized carbons (Fsp3) is 0.368. The fourth-order valence-corrected chi connectivity index (χ4v) is 3.34. The molecule has 0 aliphatic carbocycles. The zero-order valence-corrected chi connectivity index (χ0v) is 12.6. The molecule has 2 aromatic rings. The maximum atomic E-state index is 4.06. The Hall–Kier alpha value is -1.80. The molecule has 1 aliphatic heterocycles. The van der Waals surface area contributed by atoms with Crippen molar-refractivity contribution in [2.45, 2.75) is 31.7 Å².